The van der Waals surface area contributed by atoms with Crippen molar-refractivity contribution in [2.75, 3.05) is 0 Å². The third kappa shape index (κ3) is 1.39. The van der Waals surface area contributed by atoms with Crippen LogP contribution in [0.2, 0.25) is 0 Å². The van der Waals surface area contributed by atoms with Crippen molar-refractivity contribution >= 4 is 28.1 Å². The monoisotopic (exact) mass is 237 g/mol. The Morgan fingerprint density at radius 3 is 2.61 bits per heavy atom. The second-order valence-electron chi connectivity index (χ2n) is 4.95. The number of rotatable bonds is 1. The van der Waals surface area contributed by atoms with Gasteiger partial charge in [0.05, 0.1) is 0 Å². The smallest absolute Gasteiger partial charge is 0.150 e. The van der Waals surface area contributed by atoms with Crippen molar-refractivity contribution in [1.29, 1.82) is 0 Å². The molecule has 0 aliphatic heterocycles. The molecule has 0 amide bonds. The summed E-state index contributed by atoms with van der Waals surface area (Å²) in [5.74, 6) is 0. The van der Waals surface area contributed by atoms with Crippen LogP contribution in [0.3, 0.4) is 0 Å². The molecule has 0 aliphatic rings. The van der Waals surface area contributed by atoms with Crippen molar-refractivity contribution < 1.29 is 4.79 Å². The van der Waals surface area contributed by atoms with Gasteiger partial charge in [0.25, 0.3) is 0 Å². The molecule has 1 heterocycles. The summed E-state index contributed by atoms with van der Waals surface area (Å²) in [5, 5.41) is 2.38. The number of aromatic amines is 1. The second kappa shape index (κ2) is 3.70. The average Bonchev–Trinajstić information content (AvgIpc) is 2.73. The molecule has 1 N–H and O–H groups in total. The minimum absolute atomic E-state index is 0.780. The van der Waals surface area contributed by atoms with Gasteiger partial charge < -0.3 is 4.98 Å². The van der Waals surface area contributed by atoms with Crippen LogP contribution in [-0.2, 0) is 0 Å². The molecule has 0 saturated heterocycles. The maximum atomic E-state index is 11.1. The van der Waals surface area contributed by atoms with E-state index in [-0.39, 0.29) is 0 Å². The topological polar surface area (TPSA) is 32.9 Å². The number of fused-ring (bicyclic) bond motifs is 3. The zero-order valence-corrected chi connectivity index (χ0v) is 10.8. The van der Waals surface area contributed by atoms with Crippen LogP contribution in [0.15, 0.2) is 24.3 Å². The molecule has 0 atom stereocenters. The van der Waals surface area contributed by atoms with Crippen molar-refractivity contribution in [2.45, 2.75) is 20.8 Å². The molecule has 18 heavy (non-hydrogen) atoms. The lowest BCUT2D eigenvalue weighted by molar-refractivity contribution is 0.112. The van der Waals surface area contributed by atoms with Crippen molar-refractivity contribution in [2.24, 2.45) is 0 Å². The number of benzene rings is 2. The lowest BCUT2D eigenvalue weighted by atomic mass is 9.99. The van der Waals surface area contributed by atoms with Crippen molar-refractivity contribution in [3.63, 3.8) is 0 Å². The van der Waals surface area contributed by atoms with E-state index in [1.165, 1.54) is 16.3 Å². The highest BCUT2D eigenvalue weighted by Crippen LogP contribution is 2.32. The highest BCUT2D eigenvalue weighted by Gasteiger charge is 2.12. The summed E-state index contributed by atoms with van der Waals surface area (Å²) in [6, 6.07) is 8.33. The van der Waals surface area contributed by atoms with Gasteiger partial charge in [-0.1, -0.05) is 11.6 Å². The molecular formula is C16H15NO. The molecule has 0 radical (unpaired) electrons. The fourth-order valence-corrected chi connectivity index (χ4v) is 2.67. The Hall–Kier alpha value is -2.09. The molecular weight excluding hydrogens is 222 g/mol. The first-order chi connectivity index (χ1) is 8.61. The number of nitrogens with one attached hydrogen (secondary N) is 1. The average molecular weight is 237 g/mol. The van der Waals surface area contributed by atoms with Gasteiger partial charge >= 0.3 is 0 Å². The molecule has 0 fully saturated rings. The van der Waals surface area contributed by atoms with Gasteiger partial charge in [-0.2, -0.15) is 0 Å². The largest absolute Gasteiger partial charge is 0.354 e. The Morgan fingerprint density at radius 1 is 1.11 bits per heavy atom. The van der Waals surface area contributed by atoms with Gasteiger partial charge in [-0.3, -0.25) is 4.79 Å². The number of hydrogen-bond donors (Lipinski definition) is 1. The van der Waals surface area contributed by atoms with Crippen molar-refractivity contribution in [1.82, 2.24) is 4.98 Å². The Bertz CT molecular complexity index is 781. The highest BCUT2D eigenvalue weighted by atomic mass is 16.1. The summed E-state index contributed by atoms with van der Waals surface area (Å²) in [4.78, 5) is 14.6. The summed E-state index contributed by atoms with van der Waals surface area (Å²) in [6.45, 7) is 6.14. The molecule has 90 valence electrons. The molecule has 0 saturated carbocycles. The van der Waals surface area contributed by atoms with E-state index in [1.54, 1.807) is 0 Å². The van der Waals surface area contributed by atoms with Crippen LogP contribution >= 0.6 is 0 Å². The number of carbonyl (C=O) groups is 1. The van der Waals surface area contributed by atoms with E-state index in [0.29, 0.717) is 0 Å². The van der Waals surface area contributed by atoms with Crippen LogP contribution in [0, 0.1) is 20.8 Å². The van der Waals surface area contributed by atoms with Crippen LogP contribution in [0.1, 0.15) is 27.0 Å². The third-order valence-corrected chi connectivity index (χ3v) is 3.66. The molecule has 2 nitrogen and oxygen atoms in total. The van der Waals surface area contributed by atoms with Crippen LogP contribution in [0.25, 0.3) is 21.8 Å². The standard InChI is InChI=1S/C16H15NO/c1-9-4-5-14-13(6-9)15-11(3)12(8-18)7-10(2)16(15)17-14/h4-8,17H,1-3H3. The number of aldehydes is 1. The lowest BCUT2D eigenvalue weighted by Crippen LogP contribution is -1.90. The predicted molar refractivity (Wildman–Crippen MR) is 75.4 cm³/mol. The van der Waals surface area contributed by atoms with Gasteiger partial charge in [0, 0.05) is 27.4 Å². The molecule has 0 aliphatic carbocycles. The van der Waals surface area contributed by atoms with Crippen LogP contribution in [0.5, 0.6) is 0 Å². The first kappa shape index (κ1) is 11.0. The van der Waals surface area contributed by atoms with Gasteiger partial charge in [0.15, 0.2) is 0 Å². The van der Waals surface area contributed by atoms with E-state index in [4.69, 9.17) is 0 Å². The Kier molecular flexibility index (Phi) is 2.27. The van der Waals surface area contributed by atoms with Crippen molar-refractivity contribution in [3.8, 4) is 0 Å². The third-order valence-electron chi connectivity index (χ3n) is 3.66. The number of hydrogen-bond acceptors (Lipinski definition) is 1. The normalized spacial score (nSPS) is 11.3. The summed E-state index contributed by atoms with van der Waals surface area (Å²) in [5.41, 5.74) is 6.46. The quantitative estimate of drug-likeness (QED) is 0.636. The lowest BCUT2D eigenvalue weighted by Gasteiger charge is -2.04. The summed E-state index contributed by atoms with van der Waals surface area (Å²) >= 11 is 0. The first-order valence-electron chi connectivity index (χ1n) is 6.09. The van der Waals surface area contributed by atoms with E-state index in [0.717, 1.165) is 34.0 Å². The molecule has 2 aromatic carbocycles. The van der Waals surface area contributed by atoms with Gasteiger partial charge in [0.1, 0.15) is 6.29 Å². The van der Waals surface area contributed by atoms with Gasteiger partial charge in [0.2, 0.25) is 0 Å². The van der Waals surface area contributed by atoms with E-state index >= 15 is 0 Å². The molecule has 1 aromatic heterocycles. The van der Waals surface area contributed by atoms with Gasteiger partial charge in [-0.05, 0) is 50.1 Å². The zero-order chi connectivity index (χ0) is 12.9. The van der Waals surface area contributed by atoms with Crippen molar-refractivity contribution in [3.05, 3.63) is 46.5 Å². The van der Waals surface area contributed by atoms with E-state index < -0.39 is 0 Å². The Morgan fingerprint density at radius 2 is 1.89 bits per heavy atom. The minimum atomic E-state index is 0.780. The molecule has 0 spiro atoms. The van der Waals surface area contributed by atoms with Gasteiger partial charge in [-0.15, -0.1) is 0 Å². The van der Waals surface area contributed by atoms with Crippen LogP contribution in [0.4, 0.5) is 0 Å². The fourth-order valence-electron chi connectivity index (χ4n) is 2.67. The van der Waals surface area contributed by atoms with Gasteiger partial charge in [-0.25, -0.2) is 0 Å². The highest BCUT2D eigenvalue weighted by molar-refractivity contribution is 6.11. The fraction of sp³-hybridized carbons (Fsp3) is 0.188. The molecule has 3 aromatic rings. The number of carbonyl (C=O) groups excluding carboxylic acids is 1. The molecule has 0 unspecified atom stereocenters. The molecule has 0 bridgehead atoms. The minimum Gasteiger partial charge on any atom is -0.354 e. The maximum absolute atomic E-state index is 11.1. The van der Waals surface area contributed by atoms with E-state index in [1.807, 2.05) is 19.9 Å². The Labute approximate surface area is 106 Å². The second-order valence-corrected chi connectivity index (χ2v) is 4.95. The number of H-pyrrole nitrogens is 1. The SMILES string of the molecule is Cc1ccc2[nH]c3c(C)cc(C=O)c(C)c3c2c1. The summed E-state index contributed by atoms with van der Waals surface area (Å²) in [7, 11) is 0. The molecule has 2 heteroatoms. The van der Waals surface area contributed by atoms with Crippen LogP contribution in [-0.4, -0.2) is 11.3 Å². The van der Waals surface area contributed by atoms with Crippen LogP contribution < -0.4 is 0 Å². The number of aryl methyl sites for hydroxylation is 3. The zero-order valence-electron chi connectivity index (χ0n) is 10.8. The molecule has 3 rings (SSSR count). The van der Waals surface area contributed by atoms with E-state index in [9.17, 15) is 4.79 Å². The maximum Gasteiger partial charge on any atom is 0.150 e. The van der Waals surface area contributed by atoms with E-state index in [2.05, 4.69) is 30.1 Å². The predicted octanol–water partition coefficient (Wildman–Crippen LogP) is 4.06. The number of aromatic nitrogens is 1. The summed E-state index contributed by atoms with van der Waals surface area (Å²) < 4.78 is 0. The Balaban J connectivity index is 2.60. The summed E-state index contributed by atoms with van der Waals surface area (Å²) in [6.07, 6.45) is 0.941. The first-order valence-corrected chi connectivity index (χ1v) is 6.09.